The Morgan fingerprint density at radius 2 is 0.900 bits per heavy atom. The van der Waals surface area contributed by atoms with Crippen LogP contribution in [-0.4, -0.2) is 67.9 Å². The Bertz CT molecular complexity index is 812. The Kier molecular flexibility index (Phi) is 35.6. The third-order valence-electron chi connectivity index (χ3n) is 8.98. The van der Waals surface area contributed by atoms with E-state index in [-0.39, 0.29) is 25.4 Å². The minimum Gasteiger partial charge on any atom is -0.462 e. The number of phosphoric acid groups is 1. The molecule has 0 heterocycles. The van der Waals surface area contributed by atoms with Gasteiger partial charge in [-0.05, 0) is 12.8 Å². The minimum absolute atomic E-state index is 0.224. The molecule has 0 aliphatic heterocycles. The first-order valence-corrected chi connectivity index (χ1v) is 21.8. The van der Waals surface area contributed by atoms with Gasteiger partial charge >= 0.3 is 19.8 Å². The van der Waals surface area contributed by atoms with Crippen LogP contribution in [0.3, 0.4) is 0 Å². The summed E-state index contributed by atoms with van der Waals surface area (Å²) in [6.45, 7) is 2.79. The quantitative estimate of drug-likeness (QED) is 0.0356. The zero-order valence-electron chi connectivity index (χ0n) is 32.4. The SMILES string of the molecule is CCCCCCCCCCCCCCCC(=O)OC[C@H](COP(=O)(OC)OCC(O)CO)OC(=O)CCCCCCCCCCCCCCC. The summed E-state index contributed by atoms with van der Waals surface area (Å²) in [5, 5.41) is 18.5. The van der Waals surface area contributed by atoms with Crippen LogP contribution in [0.15, 0.2) is 0 Å². The molecular weight excluding hydrogens is 659 g/mol. The number of hydrogen-bond donors (Lipinski definition) is 2. The van der Waals surface area contributed by atoms with Crippen LogP contribution >= 0.6 is 7.82 Å². The van der Waals surface area contributed by atoms with Gasteiger partial charge in [0.1, 0.15) is 12.7 Å². The zero-order chi connectivity index (χ0) is 37.0. The van der Waals surface area contributed by atoms with E-state index >= 15 is 0 Å². The van der Waals surface area contributed by atoms with Crippen molar-refractivity contribution in [3.8, 4) is 0 Å². The van der Waals surface area contributed by atoms with Crippen LogP contribution in [0.4, 0.5) is 0 Å². The maximum atomic E-state index is 12.8. The lowest BCUT2D eigenvalue weighted by atomic mass is 10.0. The van der Waals surface area contributed by atoms with E-state index in [0.29, 0.717) is 6.42 Å². The molecule has 0 aromatic rings. The Hall–Kier alpha value is -1.03. The van der Waals surface area contributed by atoms with Crippen molar-refractivity contribution in [2.24, 2.45) is 0 Å². The number of aliphatic hydroxyl groups excluding tert-OH is 2. The molecule has 2 N–H and O–H groups in total. The second kappa shape index (κ2) is 36.3. The Morgan fingerprint density at radius 3 is 1.28 bits per heavy atom. The van der Waals surface area contributed by atoms with Crippen LogP contribution in [0.2, 0.25) is 0 Å². The number of hydrogen-bond acceptors (Lipinski definition) is 10. The summed E-state index contributed by atoms with van der Waals surface area (Å²) in [7, 11) is -2.99. The van der Waals surface area contributed by atoms with Gasteiger partial charge in [-0.2, -0.15) is 0 Å². The smallest absolute Gasteiger partial charge is 0.462 e. The first kappa shape index (κ1) is 49.0. The number of rotatable bonds is 39. The standard InChI is InChI=1S/C39H77O10P/c1-4-6-8-10-12-14-16-18-20-22-24-26-28-30-38(42)46-34-37(35-48-50(44,45-3)47-33-36(41)32-40)49-39(43)31-29-27-25-23-21-19-17-15-13-11-9-7-5-2/h36-37,40-41H,4-35H2,1-3H3/t36?,37-,50?/m1/s1. The maximum absolute atomic E-state index is 12.8. The lowest BCUT2D eigenvalue weighted by molar-refractivity contribution is -0.161. The van der Waals surface area contributed by atoms with E-state index in [9.17, 15) is 19.3 Å². The summed E-state index contributed by atoms with van der Waals surface area (Å²) in [4.78, 5) is 25.1. The van der Waals surface area contributed by atoms with Gasteiger partial charge in [-0.3, -0.25) is 23.2 Å². The lowest BCUT2D eigenvalue weighted by Crippen LogP contribution is -2.30. The number of unbranched alkanes of at least 4 members (excludes halogenated alkanes) is 24. The number of carbonyl (C=O) groups is 2. The summed E-state index contributed by atoms with van der Waals surface area (Å²) < 4.78 is 39.0. The van der Waals surface area contributed by atoms with Crippen molar-refractivity contribution in [1.82, 2.24) is 0 Å². The predicted molar refractivity (Wildman–Crippen MR) is 201 cm³/mol. The van der Waals surface area contributed by atoms with Gasteiger partial charge in [0.2, 0.25) is 0 Å². The van der Waals surface area contributed by atoms with E-state index in [4.69, 9.17) is 28.2 Å². The Morgan fingerprint density at radius 1 is 0.540 bits per heavy atom. The molecule has 3 atom stereocenters. The molecule has 0 saturated carbocycles. The molecule has 10 nitrogen and oxygen atoms in total. The molecule has 0 bridgehead atoms. The van der Waals surface area contributed by atoms with Gasteiger partial charge in [0.15, 0.2) is 6.10 Å². The van der Waals surface area contributed by atoms with E-state index in [2.05, 4.69) is 13.8 Å². The topological polar surface area (TPSA) is 138 Å². The first-order valence-electron chi connectivity index (χ1n) is 20.4. The maximum Gasteiger partial charge on any atom is 0.474 e. The fourth-order valence-corrected chi connectivity index (χ4v) is 6.73. The second-order valence-electron chi connectivity index (χ2n) is 13.8. The molecule has 0 spiro atoms. The predicted octanol–water partition coefficient (Wildman–Crippen LogP) is 10.5. The van der Waals surface area contributed by atoms with Crippen LogP contribution in [0.25, 0.3) is 0 Å². The normalized spacial score (nSPS) is 13.9. The van der Waals surface area contributed by atoms with Crippen LogP contribution in [0.1, 0.15) is 194 Å². The van der Waals surface area contributed by atoms with Crippen LogP contribution in [-0.2, 0) is 37.2 Å². The molecular formula is C39H77O10P. The van der Waals surface area contributed by atoms with E-state index in [1.807, 2.05) is 0 Å². The van der Waals surface area contributed by atoms with Gasteiger partial charge in [-0.1, -0.05) is 168 Å². The van der Waals surface area contributed by atoms with Gasteiger partial charge in [0, 0.05) is 20.0 Å². The monoisotopic (exact) mass is 737 g/mol. The van der Waals surface area contributed by atoms with Crippen molar-refractivity contribution in [2.45, 2.75) is 206 Å². The van der Waals surface area contributed by atoms with E-state index in [1.54, 1.807) is 0 Å². The molecule has 0 aromatic carbocycles. The van der Waals surface area contributed by atoms with Crippen molar-refractivity contribution in [3.05, 3.63) is 0 Å². The van der Waals surface area contributed by atoms with Crippen molar-refractivity contribution >= 4 is 19.8 Å². The molecule has 0 aliphatic carbocycles. The Labute approximate surface area is 306 Å². The van der Waals surface area contributed by atoms with Crippen LogP contribution in [0, 0.1) is 0 Å². The average molecular weight is 737 g/mol. The number of phosphoric ester groups is 1. The van der Waals surface area contributed by atoms with Crippen LogP contribution < -0.4 is 0 Å². The molecule has 11 heteroatoms. The summed E-state index contributed by atoms with van der Waals surface area (Å²) in [6, 6.07) is 0. The van der Waals surface area contributed by atoms with Crippen molar-refractivity contribution < 1.29 is 47.4 Å². The minimum atomic E-state index is -4.11. The highest BCUT2D eigenvalue weighted by Gasteiger charge is 2.29. The van der Waals surface area contributed by atoms with Gasteiger partial charge in [-0.25, -0.2) is 4.57 Å². The van der Waals surface area contributed by atoms with Gasteiger partial charge < -0.3 is 19.7 Å². The number of esters is 2. The number of carbonyl (C=O) groups excluding carboxylic acids is 2. The van der Waals surface area contributed by atoms with Gasteiger partial charge in [0.05, 0.1) is 19.8 Å². The van der Waals surface area contributed by atoms with E-state index in [1.165, 1.54) is 122 Å². The molecule has 0 aliphatic rings. The molecule has 0 aromatic heterocycles. The van der Waals surface area contributed by atoms with Gasteiger partial charge in [-0.15, -0.1) is 0 Å². The molecule has 298 valence electrons. The molecule has 0 amide bonds. The fourth-order valence-electron chi connectivity index (χ4n) is 5.74. The summed E-state index contributed by atoms with van der Waals surface area (Å²) in [6.07, 6.45) is 29.7. The van der Waals surface area contributed by atoms with Crippen molar-refractivity contribution in [3.63, 3.8) is 0 Å². The molecule has 50 heavy (non-hydrogen) atoms. The summed E-state index contributed by atoms with van der Waals surface area (Å²) >= 11 is 0. The van der Waals surface area contributed by atoms with Crippen LogP contribution in [0.5, 0.6) is 0 Å². The highest BCUT2D eigenvalue weighted by Crippen LogP contribution is 2.48. The molecule has 0 radical (unpaired) electrons. The van der Waals surface area contributed by atoms with Crippen molar-refractivity contribution in [1.29, 1.82) is 0 Å². The van der Waals surface area contributed by atoms with E-state index < -0.39 is 45.8 Å². The van der Waals surface area contributed by atoms with E-state index in [0.717, 1.165) is 45.6 Å². The molecule has 0 saturated heterocycles. The number of aliphatic hydroxyl groups is 2. The Balaban J connectivity index is 4.41. The fraction of sp³-hybridized carbons (Fsp3) is 0.949. The van der Waals surface area contributed by atoms with Crippen molar-refractivity contribution in [2.75, 3.05) is 33.5 Å². The molecule has 0 fully saturated rings. The number of ether oxygens (including phenoxy) is 2. The third-order valence-corrected chi connectivity index (χ3v) is 10.4. The highest BCUT2D eigenvalue weighted by atomic mass is 31.2. The summed E-state index contributed by atoms with van der Waals surface area (Å²) in [5.74, 6) is -0.832. The van der Waals surface area contributed by atoms with Gasteiger partial charge in [0.25, 0.3) is 0 Å². The molecule has 2 unspecified atom stereocenters. The largest absolute Gasteiger partial charge is 0.474 e. The first-order chi connectivity index (χ1) is 24.3. The third kappa shape index (κ3) is 32.8. The average Bonchev–Trinajstić information content (AvgIpc) is 3.12. The molecule has 0 rings (SSSR count). The highest BCUT2D eigenvalue weighted by molar-refractivity contribution is 7.48. The zero-order valence-corrected chi connectivity index (χ0v) is 33.3. The second-order valence-corrected chi connectivity index (χ2v) is 15.6. The lowest BCUT2D eigenvalue weighted by Gasteiger charge is -2.22. The summed E-state index contributed by atoms with van der Waals surface area (Å²) in [5.41, 5.74) is 0.